The van der Waals surface area contributed by atoms with E-state index in [2.05, 4.69) is 13.8 Å². The van der Waals surface area contributed by atoms with E-state index in [9.17, 15) is 4.79 Å². The van der Waals surface area contributed by atoms with E-state index < -0.39 is 0 Å². The van der Waals surface area contributed by atoms with Crippen molar-refractivity contribution in [2.24, 2.45) is 5.73 Å². The fraction of sp³-hybridized carbons (Fsp3) is 0.944. The molecule has 0 aromatic carbocycles. The van der Waals surface area contributed by atoms with E-state index in [1.165, 1.54) is 57.8 Å². The molecule has 2 nitrogen and oxygen atoms in total. The van der Waals surface area contributed by atoms with Crippen molar-refractivity contribution < 1.29 is 4.79 Å². The molecule has 0 aromatic rings. The monoisotopic (exact) mass is 283 g/mol. The van der Waals surface area contributed by atoms with Gasteiger partial charge in [-0.05, 0) is 12.8 Å². The maximum Gasteiger partial charge on any atom is 0.134 e. The first kappa shape index (κ1) is 19.6. The zero-order valence-electron chi connectivity index (χ0n) is 14.0. The van der Waals surface area contributed by atoms with Crippen molar-refractivity contribution in [3.8, 4) is 0 Å². The maximum atomic E-state index is 11.7. The van der Waals surface area contributed by atoms with Crippen LogP contribution in [0.25, 0.3) is 0 Å². The van der Waals surface area contributed by atoms with Crippen LogP contribution in [0.3, 0.4) is 0 Å². The van der Waals surface area contributed by atoms with Crippen molar-refractivity contribution in [2.75, 3.05) is 0 Å². The number of carbonyl (C=O) groups excluding carboxylic acids is 1. The lowest BCUT2D eigenvalue weighted by molar-refractivity contribution is -0.119. The molecule has 0 aromatic heterocycles. The number of rotatable bonds is 15. The van der Waals surface area contributed by atoms with Crippen molar-refractivity contribution >= 4 is 5.78 Å². The van der Waals surface area contributed by atoms with Crippen LogP contribution in [-0.2, 0) is 4.79 Å². The Morgan fingerprint density at radius 2 is 1.30 bits per heavy atom. The van der Waals surface area contributed by atoms with Crippen LogP contribution in [0.4, 0.5) is 0 Å². The van der Waals surface area contributed by atoms with Crippen molar-refractivity contribution in [2.45, 2.75) is 110 Å². The number of Topliss-reactive ketones (excluding diaryl/α,β-unsaturated/α-hetero) is 1. The third-order valence-corrected chi connectivity index (χ3v) is 3.96. The standard InChI is InChI=1S/C18H37NO/c1-3-5-6-7-8-9-10-11-12-13-15-18(20)16-17(19)14-4-2/h17H,3-16,19H2,1-2H3. The minimum atomic E-state index is 0.0932. The molecule has 0 fully saturated rings. The molecule has 2 heteroatoms. The molecule has 2 N–H and O–H groups in total. The summed E-state index contributed by atoms with van der Waals surface area (Å²) in [6, 6.07) is 0.0932. The maximum absolute atomic E-state index is 11.7. The molecule has 0 aliphatic carbocycles. The lowest BCUT2D eigenvalue weighted by Gasteiger charge is -2.08. The summed E-state index contributed by atoms with van der Waals surface area (Å²) in [6.45, 7) is 4.38. The highest BCUT2D eigenvalue weighted by Gasteiger charge is 2.08. The molecular weight excluding hydrogens is 246 g/mol. The number of ketones is 1. The predicted molar refractivity (Wildman–Crippen MR) is 89.0 cm³/mol. The molecule has 0 bridgehead atoms. The molecule has 0 saturated carbocycles. The number of hydrogen-bond donors (Lipinski definition) is 1. The van der Waals surface area contributed by atoms with Gasteiger partial charge in [0.2, 0.25) is 0 Å². The molecule has 20 heavy (non-hydrogen) atoms. The molecule has 0 aliphatic rings. The minimum Gasteiger partial charge on any atom is -0.327 e. The Hall–Kier alpha value is -0.370. The molecular formula is C18H37NO. The summed E-state index contributed by atoms with van der Waals surface area (Å²) < 4.78 is 0. The third-order valence-electron chi connectivity index (χ3n) is 3.96. The van der Waals surface area contributed by atoms with Gasteiger partial charge in [-0.3, -0.25) is 4.79 Å². The number of unbranched alkanes of at least 4 members (excludes halogenated alkanes) is 9. The molecule has 0 rings (SSSR count). The highest BCUT2D eigenvalue weighted by molar-refractivity contribution is 5.78. The van der Waals surface area contributed by atoms with Gasteiger partial charge in [-0.1, -0.05) is 78.1 Å². The van der Waals surface area contributed by atoms with E-state index in [1.807, 2.05) is 0 Å². The first-order valence-electron chi connectivity index (χ1n) is 8.98. The minimum absolute atomic E-state index is 0.0932. The van der Waals surface area contributed by atoms with Crippen LogP contribution in [0.1, 0.15) is 104 Å². The summed E-state index contributed by atoms with van der Waals surface area (Å²) in [6.07, 6.45) is 16.6. The quantitative estimate of drug-likeness (QED) is 0.410. The molecule has 0 heterocycles. The second kappa shape index (κ2) is 15.0. The highest BCUT2D eigenvalue weighted by Crippen LogP contribution is 2.12. The number of carbonyl (C=O) groups is 1. The summed E-state index contributed by atoms with van der Waals surface area (Å²) in [5, 5.41) is 0. The van der Waals surface area contributed by atoms with E-state index in [4.69, 9.17) is 5.73 Å². The van der Waals surface area contributed by atoms with E-state index >= 15 is 0 Å². The SMILES string of the molecule is CCCCCCCCCCCCC(=O)CC(N)CCC. The summed E-state index contributed by atoms with van der Waals surface area (Å²) in [4.78, 5) is 11.7. The fourth-order valence-corrected chi connectivity index (χ4v) is 2.68. The van der Waals surface area contributed by atoms with Gasteiger partial charge in [0.1, 0.15) is 5.78 Å². The highest BCUT2D eigenvalue weighted by atomic mass is 16.1. The first-order valence-corrected chi connectivity index (χ1v) is 8.98. The van der Waals surface area contributed by atoms with Crippen LogP contribution in [0, 0.1) is 0 Å². The largest absolute Gasteiger partial charge is 0.327 e. The molecule has 0 aliphatic heterocycles. The Balaban J connectivity index is 3.21. The lowest BCUT2D eigenvalue weighted by atomic mass is 10.0. The Morgan fingerprint density at radius 1 is 0.800 bits per heavy atom. The summed E-state index contributed by atoms with van der Waals surface area (Å²) in [7, 11) is 0. The second-order valence-electron chi connectivity index (χ2n) is 6.22. The zero-order valence-corrected chi connectivity index (χ0v) is 14.0. The van der Waals surface area contributed by atoms with Gasteiger partial charge in [-0.15, -0.1) is 0 Å². The summed E-state index contributed by atoms with van der Waals surface area (Å²) >= 11 is 0. The Bertz CT molecular complexity index is 215. The molecule has 1 unspecified atom stereocenters. The van der Waals surface area contributed by atoms with Gasteiger partial charge in [-0.25, -0.2) is 0 Å². The molecule has 1 atom stereocenters. The normalized spacial score (nSPS) is 12.6. The molecule has 0 saturated heterocycles. The Labute approximate surface area is 126 Å². The molecule has 0 radical (unpaired) electrons. The van der Waals surface area contributed by atoms with Gasteiger partial charge in [0, 0.05) is 18.9 Å². The van der Waals surface area contributed by atoms with E-state index in [0.29, 0.717) is 12.2 Å². The van der Waals surface area contributed by atoms with Gasteiger partial charge >= 0.3 is 0 Å². The number of hydrogen-bond acceptors (Lipinski definition) is 2. The third kappa shape index (κ3) is 14.0. The Kier molecular flexibility index (Phi) is 14.7. The summed E-state index contributed by atoms with van der Waals surface area (Å²) in [5.74, 6) is 0.366. The Morgan fingerprint density at radius 3 is 1.80 bits per heavy atom. The average molecular weight is 284 g/mol. The van der Waals surface area contributed by atoms with Crippen LogP contribution in [0.5, 0.6) is 0 Å². The zero-order chi connectivity index (χ0) is 15.1. The molecule has 0 spiro atoms. The van der Waals surface area contributed by atoms with Crippen molar-refractivity contribution in [3.05, 3.63) is 0 Å². The van der Waals surface area contributed by atoms with Gasteiger partial charge in [0.15, 0.2) is 0 Å². The van der Waals surface area contributed by atoms with Crippen LogP contribution >= 0.6 is 0 Å². The van der Waals surface area contributed by atoms with E-state index in [0.717, 1.165) is 25.7 Å². The first-order chi connectivity index (χ1) is 9.70. The molecule has 0 amide bonds. The van der Waals surface area contributed by atoms with Crippen LogP contribution < -0.4 is 5.73 Å². The fourth-order valence-electron chi connectivity index (χ4n) is 2.68. The van der Waals surface area contributed by atoms with Crippen molar-refractivity contribution in [1.82, 2.24) is 0 Å². The van der Waals surface area contributed by atoms with Gasteiger partial charge < -0.3 is 5.73 Å². The van der Waals surface area contributed by atoms with Crippen molar-refractivity contribution in [1.29, 1.82) is 0 Å². The molecule has 120 valence electrons. The van der Waals surface area contributed by atoms with E-state index in [1.54, 1.807) is 0 Å². The van der Waals surface area contributed by atoms with E-state index in [-0.39, 0.29) is 6.04 Å². The van der Waals surface area contributed by atoms with Crippen LogP contribution in [-0.4, -0.2) is 11.8 Å². The van der Waals surface area contributed by atoms with Crippen LogP contribution in [0.15, 0.2) is 0 Å². The lowest BCUT2D eigenvalue weighted by Crippen LogP contribution is -2.23. The van der Waals surface area contributed by atoms with Gasteiger partial charge in [-0.2, -0.15) is 0 Å². The van der Waals surface area contributed by atoms with Crippen LogP contribution in [0.2, 0.25) is 0 Å². The van der Waals surface area contributed by atoms with Gasteiger partial charge in [0.05, 0.1) is 0 Å². The topological polar surface area (TPSA) is 43.1 Å². The predicted octanol–water partition coefficient (Wildman–Crippen LogP) is 5.38. The van der Waals surface area contributed by atoms with Gasteiger partial charge in [0.25, 0.3) is 0 Å². The average Bonchev–Trinajstić information content (AvgIpc) is 2.41. The second-order valence-corrected chi connectivity index (χ2v) is 6.22. The van der Waals surface area contributed by atoms with Crippen molar-refractivity contribution in [3.63, 3.8) is 0 Å². The number of nitrogens with two attached hydrogens (primary N) is 1. The smallest absolute Gasteiger partial charge is 0.134 e. The summed E-state index contributed by atoms with van der Waals surface area (Å²) in [5.41, 5.74) is 5.88.